The fourth-order valence-electron chi connectivity index (χ4n) is 1.57. The van der Waals surface area contributed by atoms with Crippen LogP contribution in [0.5, 0.6) is 0 Å². The van der Waals surface area contributed by atoms with E-state index in [1.807, 2.05) is 12.4 Å². The third-order valence-electron chi connectivity index (χ3n) is 2.33. The second kappa shape index (κ2) is 5.07. The van der Waals surface area contributed by atoms with Gasteiger partial charge in [0.15, 0.2) is 0 Å². The lowest BCUT2D eigenvalue weighted by Crippen LogP contribution is -2.06. The molecule has 2 aromatic rings. The van der Waals surface area contributed by atoms with Crippen LogP contribution in [0.1, 0.15) is 25.4 Å². The zero-order chi connectivity index (χ0) is 11.4. The van der Waals surface area contributed by atoms with Crippen LogP contribution in [0, 0.1) is 0 Å². The van der Waals surface area contributed by atoms with E-state index >= 15 is 0 Å². The molecule has 0 aliphatic heterocycles. The molecule has 0 atom stereocenters. The quantitative estimate of drug-likeness (QED) is 0.861. The van der Waals surface area contributed by atoms with E-state index in [4.69, 9.17) is 0 Å². The van der Waals surface area contributed by atoms with Gasteiger partial charge in [-0.15, -0.1) is 5.10 Å². The standard InChI is InChI=1S/C10H15N5S/c1-3-9-12-5-6-15(9)7-8-10(11-4-2)16-14-13-8/h5-6,11H,3-4,7H2,1-2H3. The second-order valence-corrected chi connectivity index (χ2v) is 4.16. The molecular weight excluding hydrogens is 222 g/mol. The van der Waals surface area contributed by atoms with E-state index in [9.17, 15) is 0 Å². The maximum Gasteiger partial charge on any atom is 0.135 e. The monoisotopic (exact) mass is 237 g/mol. The van der Waals surface area contributed by atoms with Crippen LogP contribution in [0.2, 0.25) is 0 Å². The minimum absolute atomic E-state index is 0.738. The molecule has 5 nitrogen and oxygen atoms in total. The molecule has 0 fully saturated rings. The summed E-state index contributed by atoms with van der Waals surface area (Å²) in [5, 5.41) is 8.46. The van der Waals surface area contributed by atoms with Gasteiger partial charge in [0.2, 0.25) is 0 Å². The van der Waals surface area contributed by atoms with E-state index < -0.39 is 0 Å². The van der Waals surface area contributed by atoms with Gasteiger partial charge < -0.3 is 9.88 Å². The minimum atomic E-state index is 0.738. The Labute approximate surface area is 98.7 Å². The lowest BCUT2D eigenvalue weighted by molar-refractivity contribution is 0.714. The van der Waals surface area contributed by atoms with Gasteiger partial charge in [0.25, 0.3) is 0 Å². The van der Waals surface area contributed by atoms with Crippen LogP contribution in [-0.2, 0) is 13.0 Å². The average Bonchev–Trinajstić information content (AvgIpc) is 2.89. The first kappa shape index (κ1) is 11.1. The van der Waals surface area contributed by atoms with Crippen molar-refractivity contribution in [2.45, 2.75) is 26.8 Å². The number of hydrogen-bond acceptors (Lipinski definition) is 5. The number of hydrogen-bond donors (Lipinski definition) is 1. The lowest BCUT2D eigenvalue weighted by Gasteiger charge is -2.05. The summed E-state index contributed by atoms with van der Waals surface area (Å²) in [6.07, 6.45) is 4.74. The molecule has 2 heterocycles. The Hall–Kier alpha value is -1.43. The van der Waals surface area contributed by atoms with Gasteiger partial charge in [-0.25, -0.2) is 4.98 Å². The van der Waals surface area contributed by atoms with Gasteiger partial charge in [-0.1, -0.05) is 11.4 Å². The molecule has 16 heavy (non-hydrogen) atoms. The number of aryl methyl sites for hydroxylation is 1. The first-order chi connectivity index (χ1) is 7.85. The Bertz CT molecular complexity index is 448. The second-order valence-electron chi connectivity index (χ2n) is 3.40. The highest BCUT2D eigenvalue weighted by Crippen LogP contribution is 2.18. The molecule has 0 saturated heterocycles. The van der Waals surface area contributed by atoms with Crippen LogP contribution in [0.15, 0.2) is 12.4 Å². The van der Waals surface area contributed by atoms with E-state index in [-0.39, 0.29) is 0 Å². The molecule has 0 radical (unpaired) electrons. The third-order valence-corrected chi connectivity index (χ3v) is 3.06. The summed E-state index contributed by atoms with van der Waals surface area (Å²) in [5.74, 6) is 1.08. The molecule has 6 heteroatoms. The zero-order valence-corrected chi connectivity index (χ0v) is 10.3. The topological polar surface area (TPSA) is 55.6 Å². The first-order valence-electron chi connectivity index (χ1n) is 5.40. The van der Waals surface area contributed by atoms with Gasteiger partial charge in [0.05, 0.1) is 6.54 Å². The van der Waals surface area contributed by atoms with E-state index in [2.05, 4.69) is 38.3 Å². The number of aromatic nitrogens is 4. The van der Waals surface area contributed by atoms with Gasteiger partial charge in [-0.3, -0.25) is 0 Å². The van der Waals surface area contributed by atoms with Crippen LogP contribution in [0.4, 0.5) is 5.00 Å². The Morgan fingerprint density at radius 2 is 2.31 bits per heavy atom. The molecule has 0 amide bonds. The average molecular weight is 237 g/mol. The number of rotatable bonds is 5. The number of nitrogens with one attached hydrogen (secondary N) is 1. The van der Waals surface area contributed by atoms with E-state index in [0.717, 1.165) is 36.0 Å². The molecule has 0 bridgehead atoms. The maximum absolute atomic E-state index is 4.29. The predicted octanol–water partition coefficient (Wildman–Crippen LogP) is 1.78. The summed E-state index contributed by atoms with van der Waals surface area (Å²) < 4.78 is 6.08. The first-order valence-corrected chi connectivity index (χ1v) is 6.17. The van der Waals surface area contributed by atoms with Crippen LogP contribution in [-0.4, -0.2) is 25.7 Å². The number of imidazole rings is 1. The summed E-state index contributed by atoms with van der Waals surface area (Å²) >= 11 is 1.40. The van der Waals surface area contributed by atoms with Gasteiger partial charge in [0.1, 0.15) is 16.5 Å². The Morgan fingerprint density at radius 3 is 3.06 bits per heavy atom. The smallest absolute Gasteiger partial charge is 0.135 e. The Kier molecular flexibility index (Phi) is 3.51. The zero-order valence-electron chi connectivity index (χ0n) is 9.47. The van der Waals surface area contributed by atoms with Crippen LogP contribution >= 0.6 is 11.5 Å². The normalized spacial score (nSPS) is 10.6. The molecule has 0 aliphatic carbocycles. The molecule has 0 spiro atoms. The third kappa shape index (κ3) is 2.21. The van der Waals surface area contributed by atoms with Crippen molar-refractivity contribution < 1.29 is 0 Å². The largest absolute Gasteiger partial charge is 0.374 e. The minimum Gasteiger partial charge on any atom is -0.374 e. The number of anilines is 1. The van der Waals surface area contributed by atoms with Crippen molar-refractivity contribution in [1.82, 2.24) is 19.1 Å². The van der Waals surface area contributed by atoms with Crippen LogP contribution in [0.25, 0.3) is 0 Å². The van der Waals surface area contributed by atoms with E-state index in [0.29, 0.717) is 0 Å². The van der Waals surface area contributed by atoms with Crippen molar-refractivity contribution in [3.8, 4) is 0 Å². The maximum atomic E-state index is 4.29. The van der Waals surface area contributed by atoms with Crippen LogP contribution < -0.4 is 5.32 Å². The highest BCUT2D eigenvalue weighted by atomic mass is 32.1. The molecule has 0 aliphatic rings. The molecule has 86 valence electrons. The van der Waals surface area contributed by atoms with Crippen molar-refractivity contribution in [3.63, 3.8) is 0 Å². The summed E-state index contributed by atoms with van der Waals surface area (Å²) in [6, 6.07) is 0. The molecule has 1 N–H and O–H groups in total. The van der Waals surface area contributed by atoms with Gasteiger partial charge in [-0.2, -0.15) is 0 Å². The fraction of sp³-hybridized carbons (Fsp3) is 0.500. The predicted molar refractivity (Wildman–Crippen MR) is 64.8 cm³/mol. The van der Waals surface area contributed by atoms with Gasteiger partial charge in [-0.05, 0) is 6.92 Å². The van der Waals surface area contributed by atoms with Gasteiger partial charge in [0, 0.05) is 36.9 Å². The fourth-order valence-corrected chi connectivity index (χ4v) is 2.21. The Balaban J connectivity index is 2.17. The van der Waals surface area contributed by atoms with Crippen LogP contribution in [0.3, 0.4) is 0 Å². The van der Waals surface area contributed by atoms with Crippen molar-refractivity contribution in [2.75, 3.05) is 11.9 Å². The lowest BCUT2D eigenvalue weighted by atomic mass is 10.4. The van der Waals surface area contributed by atoms with E-state index in [1.165, 1.54) is 11.5 Å². The summed E-state index contributed by atoms with van der Waals surface area (Å²) in [4.78, 5) is 4.29. The number of nitrogens with zero attached hydrogens (tertiary/aromatic N) is 4. The van der Waals surface area contributed by atoms with Gasteiger partial charge >= 0.3 is 0 Å². The molecule has 0 saturated carbocycles. The molecule has 2 rings (SSSR count). The molecule has 0 unspecified atom stereocenters. The summed E-state index contributed by atoms with van der Waals surface area (Å²) in [6.45, 7) is 5.80. The van der Waals surface area contributed by atoms with Crippen molar-refractivity contribution in [1.29, 1.82) is 0 Å². The Morgan fingerprint density at radius 1 is 1.44 bits per heavy atom. The van der Waals surface area contributed by atoms with Crippen molar-refractivity contribution in [2.24, 2.45) is 0 Å². The SMILES string of the molecule is CCNc1snnc1Cn1ccnc1CC. The van der Waals surface area contributed by atoms with Crippen molar-refractivity contribution >= 4 is 16.5 Å². The summed E-state index contributed by atoms with van der Waals surface area (Å²) in [5.41, 5.74) is 0.986. The van der Waals surface area contributed by atoms with Crippen molar-refractivity contribution in [3.05, 3.63) is 23.9 Å². The van der Waals surface area contributed by atoms with E-state index in [1.54, 1.807) is 0 Å². The highest BCUT2D eigenvalue weighted by molar-refractivity contribution is 7.10. The highest BCUT2D eigenvalue weighted by Gasteiger charge is 2.09. The molecule has 0 aromatic carbocycles. The summed E-state index contributed by atoms with van der Waals surface area (Å²) in [7, 11) is 0. The molecule has 2 aromatic heterocycles. The molecular formula is C10H15N5S.